The van der Waals surface area contributed by atoms with Crippen LogP contribution in [0.4, 0.5) is 0 Å². The molecule has 3 heteroatoms. The SMILES string of the molecule is c1ccc(-c2ncc(-c3ccc4c(-c5ccccc5)c5c6ccccc6c6ccccc6n5c4c3)nc2-c2ccccc2)cc1. The molecule has 9 aromatic rings. The molecule has 3 heterocycles. The van der Waals surface area contributed by atoms with Gasteiger partial charge in [-0.3, -0.25) is 4.98 Å². The molecular formula is C42H27N3. The topological polar surface area (TPSA) is 30.2 Å². The Balaban J connectivity index is 1.36. The zero-order chi connectivity index (χ0) is 29.7. The van der Waals surface area contributed by atoms with Gasteiger partial charge in [-0.05, 0) is 23.1 Å². The predicted octanol–water partition coefficient (Wildman–Crippen LogP) is 10.9. The molecule has 0 N–H and O–H groups in total. The number of hydrogen-bond donors (Lipinski definition) is 0. The fraction of sp³-hybridized carbons (Fsp3) is 0. The number of fused-ring (bicyclic) bond motifs is 8. The van der Waals surface area contributed by atoms with E-state index in [0.29, 0.717) is 0 Å². The molecule has 0 atom stereocenters. The van der Waals surface area contributed by atoms with Crippen molar-refractivity contribution in [3.63, 3.8) is 0 Å². The van der Waals surface area contributed by atoms with Gasteiger partial charge in [-0.1, -0.05) is 146 Å². The van der Waals surface area contributed by atoms with Crippen molar-refractivity contribution < 1.29 is 0 Å². The molecule has 0 bridgehead atoms. The molecule has 0 fully saturated rings. The quantitative estimate of drug-likeness (QED) is 0.196. The molecule has 0 saturated heterocycles. The van der Waals surface area contributed by atoms with Gasteiger partial charge in [0.25, 0.3) is 0 Å². The number of para-hydroxylation sites is 1. The van der Waals surface area contributed by atoms with Gasteiger partial charge in [-0.25, -0.2) is 4.98 Å². The molecule has 3 nitrogen and oxygen atoms in total. The minimum atomic E-state index is 0.844. The molecule has 3 aromatic heterocycles. The van der Waals surface area contributed by atoms with Gasteiger partial charge < -0.3 is 4.40 Å². The first-order valence-electron chi connectivity index (χ1n) is 15.3. The van der Waals surface area contributed by atoms with Crippen LogP contribution < -0.4 is 0 Å². The molecular weight excluding hydrogens is 546 g/mol. The third-order valence-electron chi connectivity index (χ3n) is 8.81. The van der Waals surface area contributed by atoms with Gasteiger partial charge in [0, 0.05) is 38.4 Å². The first-order chi connectivity index (χ1) is 22.3. The van der Waals surface area contributed by atoms with E-state index >= 15 is 0 Å². The largest absolute Gasteiger partial charge is 0.308 e. The van der Waals surface area contributed by atoms with Crippen molar-refractivity contribution in [1.29, 1.82) is 0 Å². The standard InChI is InChI=1S/C42H27N3/c1-4-14-28(15-5-1)39-35-25-24-31(26-38(35)45-37-23-13-12-21-33(37)32-20-10-11-22-34(32)42(39)45)36-27-43-40(29-16-6-2-7-17-29)41(44-36)30-18-8-3-9-19-30/h1-27H. The van der Waals surface area contributed by atoms with E-state index in [1.807, 2.05) is 30.5 Å². The summed E-state index contributed by atoms with van der Waals surface area (Å²) in [6.07, 6.45) is 1.91. The smallest absolute Gasteiger partial charge is 0.0972 e. The maximum atomic E-state index is 5.28. The predicted molar refractivity (Wildman–Crippen MR) is 187 cm³/mol. The highest BCUT2D eigenvalue weighted by atomic mass is 14.9. The third kappa shape index (κ3) is 4.05. The van der Waals surface area contributed by atoms with E-state index in [1.165, 1.54) is 43.7 Å². The molecule has 0 spiro atoms. The van der Waals surface area contributed by atoms with Gasteiger partial charge in [-0.15, -0.1) is 0 Å². The van der Waals surface area contributed by atoms with Crippen LogP contribution in [-0.2, 0) is 0 Å². The maximum Gasteiger partial charge on any atom is 0.0972 e. The second-order valence-electron chi connectivity index (χ2n) is 11.4. The lowest BCUT2D eigenvalue weighted by atomic mass is 9.98. The van der Waals surface area contributed by atoms with Gasteiger partial charge in [0.1, 0.15) is 0 Å². The van der Waals surface area contributed by atoms with E-state index in [4.69, 9.17) is 9.97 Å². The maximum absolute atomic E-state index is 5.28. The molecule has 0 aliphatic carbocycles. The van der Waals surface area contributed by atoms with E-state index in [0.717, 1.165) is 39.3 Å². The van der Waals surface area contributed by atoms with E-state index in [-0.39, 0.29) is 0 Å². The lowest BCUT2D eigenvalue weighted by Crippen LogP contribution is -1.96. The Labute approximate surface area is 260 Å². The second kappa shape index (κ2) is 10.3. The Morgan fingerprint density at radius 3 is 1.69 bits per heavy atom. The van der Waals surface area contributed by atoms with Crippen LogP contribution in [0.5, 0.6) is 0 Å². The highest BCUT2D eigenvalue weighted by Gasteiger charge is 2.20. The number of nitrogens with zero attached hydrogens (tertiary/aromatic N) is 3. The Bertz CT molecular complexity index is 2510. The monoisotopic (exact) mass is 573 g/mol. The zero-order valence-electron chi connectivity index (χ0n) is 24.4. The molecule has 45 heavy (non-hydrogen) atoms. The summed E-state index contributed by atoms with van der Waals surface area (Å²) in [5.74, 6) is 0. The third-order valence-corrected chi connectivity index (χ3v) is 8.81. The molecule has 0 aliphatic heterocycles. The lowest BCUT2D eigenvalue weighted by molar-refractivity contribution is 1.21. The number of rotatable bonds is 4. The first kappa shape index (κ1) is 25.4. The van der Waals surface area contributed by atoms with Crippen LogP contribution in [0, 0.1) is 0 Å². The van der Waals surface area contributed by atoms with E-state index in [2.05, 4.69) is 138 Å². The normalized spacial score (nSPS) is 11.6. The average molecular weight is 574 g/mol. The van der Waals surface area contributed by atoms with Gasteiger partial charge in [0.05, 0.1) is 39.8 Å². The van der Waals surface area contributed by atoms with E-state index in [9.17, 15) is 0 Å². The van der Waals surface area contributed by atoms with Crippen molar-refractivity contribution in [2.45, 2.75) is 0 Å². The van der Waals surface area contributed by atoms with Crippen LogP contribution in [0.2, 0.25) is 0 Å². The Hall–Kier alpha value is -6.06. The molecule has 6 aromatic carbocycles. The molecule has 0 unspecified atom stereocenters. The van der Waals surface area contributed by atoms with Crippen LogP contribution in [0.15, 0.2) is 164 Å². The second-order valence-corrected chi connectivity index (χ2v) is 11.4. The van der Waals surface area contributed by atoms with Gasteiger partial charge >= 0.3 is 0 Å². The molecule has 0 saturated carbocycles. The van der Waals surface area contributed by atoms with Gasteiger partial charge in [0.2, 0.25) is 0 Å². The molecule has 0 aliphatic rings. The van der Waals surface area contributed by atoms with Crippen molar-refractivity contribution >= 4 is 38.1 Å². The molecule has 0 radical (unpaired) electrons. The van der Waals surface area contributed by atoms with Crippen molar-refractivity contribution in [3.05, 3.63) is 164 Å². The van der Waals surface area contributed by atoms with Crippen LogP contribution in [0.3, 0.4) is 0 Å². The van der Waals surface area contributed by atoms with Crippen LogP contribution in [-0.4, -0.2) is 14.4 Å². The zero-order valence-corrected chi connectivity index (χ0v) is 24.4. The van der Waals surface area contributed by atoms with Crippen molar-refractivity contribution in [1.82, 2.24) is 14.4 Å². The molecule has 9 rings (SSSR count). The Morgan fingerprint density at radius 2 is 0.978 bits per heavy atom. The van der Waals surface area contributed by atoms with Crippen molar-refractivity contribution in [3.8, 4) is 44.9 Å². The summed E-state index contributed by atoms with van der Waals surface area (Å²) >= 11 is 0. The summed E-state index contributed by atoms with van der Waals surface area (Å²) in [6, 6.07) is 55.7. The number of aromatic nitrogens is 3. The fourth-order valence-corrected chi connectivity index (χ4v) is 6.80. The lowest BCUT2D eigenvalue weighted by Gasteiger charge is -2.12. The number of hydrogen-bond acceptors (Lipinski definition) is 2. The highest BCUT2D eigenvalue weighted by molar-refractivity contribution is 6.22. The molecule has 0 amide bonds. The van der Waals surface area contributed by atoms with Crippen molar-refractivity contribution in [2.75, 3.05) is 0 Å². The van der Waals surface area contributed by atoms with Crippen LogP contribution >= 0.6 is 0 Å². The number of pyridine rings is 1. The summed E-state index contributed by atoms with van der Waals surface area (Å²) in [7, 11) is 0. The Morgan fingerprint density at radius 1 is 0.400 bits per heavy atom. The van der Waals surface area contributed by atoms with Crippen molar-refractivity contribution in [2.24, 2.45) is 0 Å². The molecule has 210 valence electrons. The summed E-state index contributed by atoms with van der Waals surface area (Å²) in [5.41, 5.74) is 11.7. The average Bonchev–Trinajstić information content (AvgIpc) is 3.48. The fourth-order valence-electron chi connectivity index (χ4n) is 6.80. The van der Waals surface area contributed by atoms with E-state index in [1.54, 1.807) is 0 Å². The first-order valence-corrected chi connectivity index (χ1v) is 15.3. The van der Waals surface area contributed by atoms with Crippen LogP contribution in [0.25, 0.3) is 83.0 Å². The summed E-state index contributed by atoms with van der Waals surface area (Å²) < 4.78 is 2.45. The minimum Gasteiger partial charge on any atom is -0.308 e. The summed E-state index contributed by atoms with van der Waals surface area (Å²) in [5, 5.41) is 4.95. The Kier molecular flexibility index (Phi) is 5.82. The van der Waals surface area contributed by atoms with Crippen LogP contribution in [0.1, 0.15) is 0 Å². The van der Waals surface area contributed by atoms with Gasteiger partial charge in [0.15, 0.2) is 0 Å². The summed E-state index contributed by atoms with van der Waals surface area (Å²) in [4.78, 5) is 10.3. The van der Waals surface area contributed by atoms with Gasteiger partial charge in [-0.2, -0.15) is 0 Å². The number of benzene rings is 6. The summed E-state index contributed by atoms with van der Waals surface area (Å²) in [6.45, 7) is 0. The van der Waals surface area contributed by atoms with E-state index < -0.39 is 0 Å². The minimum absolute atomic E-state index is 0.844. The highest BCUT2D eigenvalue weighted by Crippen LogP contribution is 2.43.